The standard InChI is InChI=1S/C17H26N2O2/c1-13-4-5-14(2)16(12-13)17(20)19-8-3-11-21-15-6-9-18-10-7-15/h4-5,12,15,18H,3,6-11H2,1-2H3,(H,19,20). The van der Waals surface area contributed by atoms with Crippen LogP contribution in [0.1, 0.15) is 40.7 Å². The number of aryl methyl sites for hydroxylation is 2. The van der Waals surface area contributed by atoms with Gasteiger partial charge in [-0.1, -0.05) is 17.7 Å². The third kappa shape index (κ3) is 5.14. The number of carbonyl (C=O) groups is 1. The van der Waals surface area contributed by atoms with Crippen LogP contribution in [0.25, 0.3) is 0 Å². The van der Waals surface area contributed by atoms with E-state index in [0.717, 1.165) is 55.6 Å². The Morgan fingerprint density at radius 3 is 2.86 bits per heavy atom. The molecule has 1 fully saturated rings. The van der Waals surface area contributed by atoms with Gasteiger partial charge < -0.3 is 15.4 Å². The average Bonchev–Trinajstić information content (AvgIpc) is 2.50. The smallest absolute Gasteiger partial charge is 0.251 e. The van der Waals surface area contributed by atoms with Gasteiger partial charge in [0.15, 0.2) is 0 Å². The summed E-state index contributed by atoms with van der Waals surface area (Å²) in [6.07, 6.45) is 3.44. The van der Waals surface area contributed by atoms with Gasteiger partial charge in [0.25, 0.3) is 5.91 Å². The summed E-state index contributed by atoms with van der Waals surface area (Å²) in [5.41, 5.74) is 2.90. The second-order valence-corrected chi connectivity index (χ2v) is 5.75. The number of amides is 1. The highest BCUT2D eigenvalue weighted by atomic mass is 16.5. The van der Waals surface area contributed by atoms with Crippen LogP contribution >= 0.6 is 0 Å². The Bertz CT molecular complexity index is 468. The molecule has 2 N–H and O–H groups in total. The lowest BCUT2D eigenvalue weighted by molar-refractivity contribution is 0.0318. The number of piperidine rings is 1. The SMILES string of the molecule is Cc1ccc(C)c(C(=O)NCCCOC2CCNCC2)c1. The van der Waals surface area contributed by atoms with Gasteiger partial charge in [-0.05, 0) is 57.8 Å². The van der Waals surface area contributed by atoms with Crippen molar-refractivity contribution in [1.82, 2.24) is 10.6 Å². The van der Waals surface area contributed by atoms with Gasteiger partial charge in [0.05, 0.1) is 6.10 Å². The lowest BCUT2D eigenvalue weighted by Gasteiger charge is -2.22. The van der Waals surface area contributed by atoms with Crippen molar-refractivity contribution >= 4 is 5.91 Å². The Morgan fingerprint density at radius 2 is 2.10 bits per heavy atom. The Balaban J connectivity index is 1.66. The molecule has 0 aliphatic carbocycles. The zero-order valence-electron chi connectivity index (χ0n) is 13.1. The van der Waals surface area contributed by atoms with Gasteiger partial charge >= 0.3 is 0 Å². The van der Waals surface area contributed by atoms with Gasteiger partial charge in [-0.15, -0.1) is 0 Å². The van der Waals surface area contributed by atoms with Gasteiger partial charge in [-0.3, -0.25) is 4.79 Å². The topological polar surface area (TPSA) is 50.4 Å². The van der Waals surface area contributed by atoms with Crippen molar-refractivity contribution in [2.75, 3.05) is 26.2 Å². The van der Waals surface area contributed by atoms with Crippen LogP contribution in [0.2, 0.25) is 0 Å². The van der Waals surface area contributed by atoms with E-state index in [1.807, 2.05) is 32.0 Å². The predicted octanol–water partition coefficient (Wildman–Crippen LogP) is 2.19. The molecule has 0 spiro atoms. The third-order valence-electron chi connectivity index (χ3n) is 3.88. The summed E-state index contributed by atoms with van der Waals surface area (Å²) in [4.78, 5) is 12.1. The summed E-state index contributed by atoms with van der Waals surface area (Å²) in [6.45, 7) is 7.45. The zero-order valence-corrected chi connectivity index (χ0v) is 13.1. The second kappa shape index (κ2) is 8.15. The molecule has 4 nitrogen and oxygen atoms in total. The first-order valence-corrected chi connectivity index (χ1v) is 7.84. The van der Waals surface area contributed by atoms with E-state index in [2.05, 4.69) is 10.6 Å². The van der Waals surface area contributed by atoms with Crippen molar-refractivity contribution in [3.05, 3.63) is 34.9 Å². The minimum atomic E-state index is 0.0121. The highest BCUT2D eigenvalue weighted by Crippen LogP contribution is 2.10. The Hall–Kier alpha value is -1.39. The van der Waals surface area contributed by atoms with Crippen LogP contribution in [0.15, 0.2) is 18.2 Å². The maximum absolute atomic E-state index is 12.1. The lowest BCUT2D eigenvalue weighted by Crippen LogP contribution is -2.33. The fourth-order valence-electron chi connectivity index (χ4n) is 2.56. The molecule has 4 heteroatoms. The van der Waals surface area contributed by atoms with Gasteiger partial charge in [-0.25, -0.2) is 0 Å². The van der Waals surface area contributed by atoms with Crippen molar-refractivity contribution in [3.8, 4) is 0 Å². The molecule has 21 heavy (non-hydrogen) atoms. The first-order valence-electron chi connectivity index (χ1n) is 7.84. The number of nitrogens with one attached hydrogen (secondary N) is 2. The quantitative estimate of drug-likeness (QED) is 0.790. The van der Waals surface area contributed by atoms with E-state index in [4.69, 9.17) is 4.74 Å². The number of hydrogen-bond acceptors (Lipinski definition) is 3. The van der Waals surface area contributed by atoms with Gasteiger partial charge in [-0.2, -0.15) is 0 Å². The van der Waals surface area contributed by atoms with E-state index in [9.17, 15) is 4.79 Å². The number of hydrogen-bond donors (Lipinski definition) is 2. The van der Waals surface area contributed by atoms with E-state index in [1.54, 1.807) is 0 Å². The van der Waals surface area contributed by atoms with Crippen LogP contribution in [-0.4, -0.2) is 38.3 Å². The van der Waals surface area contributed by atoms with E-state index in [1.165, 1.54) is 0 Å². The molecule has 0 saturated carbocycles. The van der Waals surface area contributed by atoms with E-state index in [-0.39, 0.29) is 5.91 Å². The van der Waals surface area contributed by atoms with Crippen molar-refractivity contribution in [2.45, 2.75) is 39.2 Å². The molecule has 1 heterocycles. The molecule has 1 aromatic rings. The van der Waals surface area contributed by atoms with Crippen molar-refractivity contribution in [3.63, 3.8) is 0 Å². The predicted molar refractivity (Wildman–Crippen MR) is 84.7 cm³/mol. The molecule has 1 aromatic carbocycles. The minimum absolute atomic E-state index is 0.0121. The maximum Gasteiger partial charge on any atom is 0.251 e. The Morgan fingerprint density at radius 1 is 1.33 bits per heavy atom. The molecule has 116 valence electrons. The number of carbonyl (C=O) groups excluding carboxylic acids is 1. The van der Waals surface area contributed by atoms with Crippen LogP contribution in [-0.2, 0) is 4.74 Å². The summed E-state index contributed by atoms with van der Waals surface area (Å²) in [6, 6.07) is 5.96. The lowest BCUT2D eigenvalue weighted by atomic mass is 10.1. The van der Waals surface area contributed by atoms with Crippen molar-refractivity contribution < 1.29 is 9.53 Å². The van der Waals surface area contributed by atoms with E-state index < -0.39 is 0 Å². The fraction of sp³-hybridized carbons (Fsp3) is 0.588. The number of benzene rings is 1. The summed E-state index contributed by atoms with van der Waals surface area (Å²) < 4.78 is 5.82. The average molecular weight is 290 g/mol. The normalized spacial score (nSPS) is 15.9. The monoisotopic (exact) mass is 290 g/mol. The zero-order chi connectivity index (χ0) is 15.1. The minimum Gasteiger partial charge on any atom is -0.378 e. The maximum atomic E-state index is 12.1. The number of ether oxygens (including phenoxy) is 1. The van der Waals surface area contributed by atoms with Crippen LogP contribution in [0, 0.1) is 13.8 Å². The van der Waals surface area contributed by atoms with Gasteiger partial charge in [0, 0.05) is 18.7 Å². The van der Waals surface area contributed by atoms with Gasteiger partial charge in [0.2, 0.25) is 0 Å². The first-order chi connectivity index (χ1) is 10.2. The molecule has 0 atom stereocenters. The molecule has 0 aromatic heterocycles. The van der Waals surface area contributed by atoms with Gasteiger partial charge in [0.1, 0.15) is 0 Å². The third-order valence-corrected chi connectivity index (χ3v) is 3.88. The molecule has 0 unspecified atom stereocenters. The van der Waals surface area contributed by atoms with Crippen LogP contribution in [0.4, 0.5) is 0 Å². The Kier molecular flexibility index (Phi) is 6.21. The highest BCUT2D eigenvalue weighted by molar-refractivity contribution is 5.95. The first kappa shape index (κ1) is 16.0. The molecule has 1 amide bonds. The fourth-order valence-corrected chi connectivity index (χ4v) is 2.56. The molecule has 2 rings (SSSR count). The van der Waals surface area contributed by atoms with Crippen molar-refractivity contribution in [2.24, 2.45) is 0 Å². The second-order valence-electron chi connectivity index (χ2n) is 5.75. The number of rotatable bonds is 6. The summed E-state index contributed by atoms with van der Waals surface area (Å²) >= 11 is 0. The Labute approximate surface area is 127 Å². The van der Waals surface area contributed by atoms with Crippen molar-refractivity contribution in [1.29, 1.82) is 0 Å². The van der Waals surface area contributed by atoms with Crippen LogP contribution in [0.3, 0.4) is 0 Å². The molecule has 1 aliphatic rings. The molecule has 1 saturated heterocycles. The van der Waals surface area contributed by atoms with Crippen LogP contribution < -0.4 is 10.6 Å². The highest BCUT2D eigenvalue weighted by Gasteiger charge is 2.13. The molecule has 0 bridgehead atoms. The van der Waals surface area contributed by atoms with Crippen LogP contribution in [0.5, 0.6) is 0 Å². The van der Waals surface area contributed by atoms with E-state index in [0.29, 0.717) is 12.6 Å². The molecular formula is C17H26N2O2. The molecule has 0 radical (unpaired) electrons. The summed E-state index contributed by atoms with van der Waals surface area (Å²) in [5, 5.41) is 6.30. The summed E-state index contributed by atoms with van der Waals surface area (Å²) in [7, 11) is 0. The van der Waals surface area contributed by atoms with E-state index >= 15 is 0 Å². The molecular weight excluding hydrogens is 264 g/mol. The largest absolute Gasteiger partial charge is 0.378 e. The molecule has 1 aliphatic heterocycles. The summed E-state index contributed by atoms with van der Waals surface area (Å²) in [5.74, 6) is 0.0121.